The maximum atomic E-state index is 3.41. The summed E-state index contributed by atoms with van der Waals surface area (Å²) in [6.07, 6.45) is 1.58. The van der Waals surface area contributed by atoms with Crippen LogP contribution in [0.1, 0.15) is 0 Å². The van der Waals surface area contributed by atoms with Crippen LogP contribution in [0.2, 0.25) is 5.82 Å². The van der Waals surface area contributed by atoms with E-state index in [1.165, 1.54) is 0 Å². The van der Waals surface area contributed by atoms with Crippen LogP contribution in [0, 0.1) is 10.7 Å². The van der Waals surface area contributed by atoms with Gasteiger partial charge in [0.2, 0.25) is 0 Å². The summed E-state index contributed by atoms with van der Waals surface area (Å²) in [6.45, 7) is 3.41. The predicted octanol–water partition coefficient (Wildman–Crippen LogP) is 1.26. The third-order valence-corrected chi connectivity index (χ3v) is 0.592. The Morgan fingerprint density at radius 1 is 1.83 bits per heavy atom. The van der Waals surface area contributed by atoms with E-state index in [-0.39, 0.29) is 0 Å². The molecule has 0 saturated carbocycles. The van der Waals surface area contributed by atoms with Crippen LogP contribution in [0.25, 0.3) is 0 Å². The van der Waals surface area contributed by atoms with Gasteiger partial charge in [-0.05, 0) is 0 Å². The molecule has 0 spiro atoms. The monoisotopic (exact) mass is 129 g/mol. The van der Waals surface area contributed by atoms with Gasteiger partial charge in [-0.25, -0.2) is 0 Å². The Hall–Kier alpha value is -0.181. The van der Waals surface area contributed by atoms with E-state index in [1.807, 2.05) is 5.82 Å². The van der Waals surface area contributed by atoms with Crippen LogP contribution in [0.3, 0.4) is 0 Å². The van der Waals surface area contributed by atoms with E-state index in [1.54, 1.807) is 21.0 Å². The standard InChI is InChI=1S/C4H3.CH3.Cu/c1-3-4-2;;/h3H,1H2;1H3;. The first-order valence-corrected chi connectivity index (χ1v) is 2.81. The van der Waals surface area contributed by atoms with Crippen molar-refractivity contribution in [2.45, 2.75) is 5.82 Å². The van der Waals surface area contributed by atoms with Crippen molar-refractivity contribution in [2.75, 3.05) is 0 Å². The van der Waals surface area contributed by atoms with Crippen molar-refractivity contribution in [2.24, 2.45) is 0 Å². The zero-order chi connectivity index (χ0) is 4.83. The zero-order valence-electron chi connectivity index (χ0n) is 3.59. The molecule has 0 atom stereocenters. The first-order valence-electron chi connectivity index (χ1n) is 1.40. The number of hydrogen-bond acceptors (Lipinski definition) is 0. The molecule has 0 heterocycles. The first-order chi connectivity index (χ1) is 2.91. The van der Waals surface area contributed by atoms with Crippen molar-refractivity contribution >= 4 is 0 Å². The molecule has 0 rings (SSSR count). The topological polar surface area (TPSA) is 0 Å². The first kappa shape index (κ1) is 5.82. The molecule has 0 bridgehead atoms. The summed E-state index contributed by atoms with van der Waals surface area (Å²) in [7, 11) is 0. The van der Waals surface area contributed by atoms with Crippen LogP contribution in [0.15, 0.2) is 12.7 Å². The fraction of sp³-hybridized carbons (Fsp3) is 0.200. The van der Waals surface area contributed by atoms with Crippen molar-refractivity contribution in [3.05, 3.63) is 12.7 Å². The van der Waals surface area contributed by atoms with Crippen LogP contribution in [0.5, 0.6) is 0 Å². The number of rotatable bonds is 0. The molecule has 0 amide bonds. The SMILES string of the molecule is C=CC#[C][Cu][CH3]. The van der Waals surface area contributed by atoms with Crippen molar-refractivity contribution in [3.63, 3.8) is 0 Å². The van der Waals surface area contributed by atoms with Gasteiger partial charge in [0.15, 0.2) is 0 Å². The zero-order valence-corrected chi connectivity index (χ0v) is 4.53. The van der Waals surface area contributed by atoms with E-state index < -0.39 is 0 Å². The van der Waals surface area contributed by atoms with Gasteiger partial charge in [-0.15, -0.1) is 0 Å². The van der Waals surface area contributed by atoms with Gasteiger partial charge in [0, 0.05) is 0 Å². The van der Waals surface area contributed by atoms with Crippen molar-refractivity contribution in [3.8, 4) is 10.7 Å². The Morgan fingerprint density at radius 2 is 2.50 bits per heavy atom. The van der Waals surface area contributed by atoms with Crippen LogP contribution >= 0.6 is 0 Å². The van der Waals surface area contributed by atoms with Crippen LogP contribution in [-0.2, 0) is 15.0 Å². The molecular weight excluding hydrogens is 124 g/mol. The molecule has 1 heteroatoms. The van der Waals surface area contributed by atoms with Gasteiger partial charge in [-0.3, -0.25) is 0 Å². The van der Waals surface area contributed by atoms with E-state index in [2.05, 4.69) is 17.3 Å². The van der Waals surface area contributed by atoms with Gasteiger partial charge in [-0.1, -0.05) is 0 Å². The Kier molecular flexibility index (Phi) is 4.67. The summed E-state index contributed by atoms with van der Waals surface area (Å²) in [5, 5.41) is 0. The third kappa shape index (κ3) is 3.82. The van der Waals surface area contributed by atoms with Gasteiger partial charge in [0.05, 0.1) is 0 Å². The molecule has 0 fully saturated rings. The Morgan fingerprint density at radius 3 is 2.67 bits per heavy atom. The quantitative estimate of drug-likeness (QED) is 0.341. The summed E-state index contributed by atoms with van der Waals surface area (Å²) in [5.41, 5.74) is 0. The molecule has 0 aromatic heterocycles. The van der Waals surface area contributed by atoms with E-state index in [0.29, 0.717) is 0 Å². The molecule has 0 aliphatic heterocycles. The van der Waals surface area contributed by atoms with E-state index in [0.717, 1.165) is 0 Å². The second-order valence-electron chi connectivity index (χ2n) is 0.575. The summed E-state index contributed by atoms with van der Waals surface area (Å²) in [4.78, 5) is 2.74. The second-order valence-corrected chi connectivity index (χ2v) is 1.28. The fourth-order valence-electron chi connectivity index (χ4n) is 0.0743. The molecule has 0 nitrogen and oxygen atoms in total. The summed E-state index contributed by atoms with van der Waals surface area (Å²) >= 11 is 1.57. The maximum absolute atomic E-state index is 3.41. The minimum absolute atomic E-state index is 1.57. The van der Waals surface area contributed by atoms with Gasteiger partial charge in [0.1, 0.15) is 0 Å². The van der Waals surface area contributed by atoms with Gasteiger partial charge >= 0.3 is 44.2 Å². The Balaban J connectivity index is 3.13. The summed E-state index contributed by atoms with van der Waals surface area (Å²) < 4.78 is 0. The number of hydrogen-bond donors (Lipinski definition) is 0. The van der Waals surface area contributed by atoms with Crippen molar-refractivity contribution in [1.29, 1.82) is 0 Å². The van der Waals surface area contributed by atoms with Crippen LogP contribution in [-0.4, -0.2) is 0 Å². The molecule has 0 aliphatic rings. The average molecular weight is 130 g/mol. The van der Waals surface area contributed by atoms with Gasteiger partial charge < -0.3 is 0 Å². The molecule has 0 aromatic carbocycles. The minimum atomic E-state index is 1.57. The van der Waals surface area contributed by atoms with Crippen LogP contribution in [0.4, 0.5) is 0 Å². The molecule has 0 radical (unpaired) electrons. The summed E-state index contributed by atoms with van der Waals surface area (Å²) in [5.74, 6) is 4.59. The van der Waals surface area contributed by atoms with Gasteiger partial charge in [-0.2, -0.15) is 0 Å². The molecule has 6 heavy (non-hydrogen) atoms. The van der Waals surface area contributed by atoms with Crippen molar-refractivity contribution in [1.82, 2.24) is 0 Å². The molecule has 0 saturated heterocycles. The Bertz CT molecular complexity index is 83.8. The molecule has 0 unspecified atom stereocenters. The van der Waals surface area contributed by atoms with E-state index in [9.17, 15) is 0 Å². The van der Waals surface area contributed by atoms with Gasteiger partial charge in [0.25, 0.3) is 0 Å². The van der Waals surface area contributed by atoms with E-state index >= 15 is 0 Å². The fourth-order valence-corrected chi connectivity index (χ4v) is 0.306. The molecule has 0 aromatic rings. The molecule has 0 N–H and O–H groups in total. The van der Waals surface area contributed by atoms with E-state index in [4.69, 9.17) is 0 Å². The van der Waals surface area contributed by atoms with Crippen LogP contribution < -0.4 is 0 Å². The Labute approximate surface area is 44.8 Å². The number of allylic oxidation sites excluding steroid dienone is 1. The van der Waals surface area contributed by atoms with Crippen molar-refractivity contribution < 1.29 is 15.0 Å². The third-order valence-electron chi connectivity index (χ3n) is 0.221. The normalized spacial score (nSPS) is 6.17. The molecular formula is C5H6Cu. The molecule has 0 aliphatic carbocycles. The molecule has 37 valence electrons. The average Bonchev–Trinajstić information content (AvgIpc) is 1.61. The second kappa shape index (κ2) is 4.82. The predicted molar refractivity (Wildman–Crippen MR) is 23.8 cm³/mol. The summed E-state index contributed by atoms with van der Waals surface area (Å²) in [6, 6.07) is 0.